The predicted molar refractivity (Wildman–Crippen MR) is 120 cm³/mol. The molecule has 0 atom stereocenters. The molecule has 0 fully saturated rings. The number of para-hydroxylation sites is 2. The van der Waals surface area contributed by atoms with Gasteiger partial charge in [0.25, 0.3) is 0 Å². The van der Waals surface area contributed by atoms with Crippen LogP contribution < -0.4 is 4.74 Å². The standard InChI is InChI=1S/C25H25ClN2O/c1-25(2,3)19-10-14-21(15-11-19)29-17-24-27-22-6-4-5-7-23(22)28(24)16-18-8-12-20(26)13-9-18/h4-15H,16-17H2,1-3H3. The first-order valence-electron chi connectivity index (χ1n) is 9.82. The molecule has 3 nitrogen and oxygen atoms in total. The van der Waals surface area contributed by atoms with Gasteiger partial charge < -0.3 is 9.30 Å². The Morgan fingerprint density at radius 2 is 1.59 bits per heavy atom. The van der Waals surface area contributed by atoms with E-state index in [1.807, 2.05) is 54.6 Å². The van der Waals surface area contributed by atoms with Crippen molar-refractivity contribution in [3.8, 4) is 5.75 Å². The van der Waals surface area contributed by atoms with Crippen LogP contribution in [0.4, 0.5) is 0 Å². The lowest BCUT2D eigenvalue weighted by atomic mass is 9.87. The van der Waals surface area contributed by atoms with Gasteiger partial charge in [0.15, 0.2) is 0 Å². The van der Waals surface area contributed by atoms with Crippen molar-refractivity contribution in [1.29, 1.82) is 0 Å². The number of rotatable bonds is 5. The fourth-order valence-corrected chi connectivity index (χ4v) is 3.51. The third-order valence-corrected chi connectivity index (χ3v) is 5.33. The Kier molecular flexibility index (Phi) is 5.33. The summed E-state index contributed by atoms with van der Waals surface area (Å²) in [5.74, 6) is 1.75. The molecule has 0 saturated carbocycles. The zero-order chi connectivity index (χ0) is 20.4. The van der Waals surface area contributed by atoms with Gasteiger partial charge >= 0.3 is 0 Å². The van der Waals surface area contributed by atoms with E-state index in [0.717, 1.165) is 34.2 Å². The van der Waals surface area contributed by atoms with Gasteiger partial charge in [0.05, 0.1) is 11.0 Å². The minimum Gasteiger partial charge on any atom is -0.486 e. The van der Waals surface area contributed by atoms with Crippen LogP contribution in [-0.2, 0) is 18.6 Å². The van der Waals surface area contributed by atoms with Crippen LogP contribution in [-0.4, -0.2) is 9.55 Å². The van der Waals surface area contributed by atoms with E-state index in [1.165, 1.54) is 11.1 Å². The largest absolute Gasteiger partial charge is 0.486 e. The van der Waals surface area contributed by atoms with E-state index in [2.05, 4.69) is 43.5 Å². The molecule has 4 rings (SSSR count). The molecule has 1 aromatic heterocycles. The molecule has 29 heavy (non-hydrogen) atoms. The van der Waals surface area contributed by atoms with Crippen molar-refractivity contribution in [3.63, 3.8) is 0 Å². The molecule has 0 unspecified atom stereocenters. The third kappa shape index (κ3) is 4.46. The van der Waals surface area contributed by atoms with Crippen LogP contribution in [0, 0.1) is 0 Å². The Hall–Kier alpha value is -2.78. The van der Waals surface area contributed by atoms with Crippen LogP contribution in [0.25, 0.3) is 11.0 Å². The highest BCUT2D eigenvalue weighted by Crippen LogP contribution is 2.25. The number of nitrogens with zero attached hydrogens (tertiary/aromatic N) is 2. The second kappa shape index (κ2) is 7.92. The summed E-state index contributed by atoms with van der Waals surface area (Å²) >= 11 is 6.04. The molecule has 0 bridgehead atoms. The van der Waals surface area contributed by atoms with Crippen LogP contribution in [0.5, 0.6) is 5.75 Å². The summed E-state index contributed by atoms with van der Waals surface area (Å²) in [7, 11) is 0. The van der Waals surface area contributed by atoms with Crippen molar-refractivity contribution in [2.75, 3.05) is 0 Å². The maximum Gasteiger partial charge on any atom is 0.148 e. The van der Waals surface area contributed by atoms with Crippen molar-refractivity contribution in [3.05, 3.63) is 94.8 Å². The summed E-state index contributed by atoms with van der Waals surface area (Å²) in [5, 5.41) is 0.742. The lowest BCUT2D eigenvalue weighted by Crippen LogP contribution is -2.11. The minimum absolute atomic E-state index is 0.130. The van der Waals surface area contributed by atoms with Gasteiger partial charge in [-0.25, -0.2) is 4.98 Å². The van der Waals surface area contributed by atoms with Crippen LogP contribution in [0.1, 0.15) is 37.7 Å². The highest BCUT2D eigenvalue weighted by Gasteiger charge is 2.14. The number of benzene rings is 3. The predicted octanol–water partition coefficient (Wildman–Crippen LogP) is 6.61. The molecule has 3 aromatic carbocycles. The first-order valence-corrected chi connectivity index (χ1v) is 10.2. The van der Waals surface area contributed by atoms with E-state index >= 15 is 0 Å². The Labute approximate surface area is 176 Å². The number of halogens is 1. The topological polar surface area (TPSA) is 27.1 Å². The van der Waals surface area contributed by atoms with Crippen molar-refractivity contribution >= 4 is 22.6 Å². The van der Waals surface area contributed by atoms with Gasteiger partial charge in [-0.15, -0.1) is 0 Å². The molecule has 0 N–H and O–H groups in total. The monoisotopic (exact) mass is 404 g/mol. The van der Waals surface area contributed by atoms with Crippen molar-refractivity contribution in [2.24, 2.45) is 0 Å². The summed E-state index contributed by atoms with van der Waals surface area (Å²) in [5.41, 5.74) is 4.67. The molecule has 0 saturated heterocycles. The molecule has 148 valence electrons. The molecule has 0 aliphatic rings. The molecule has 0 aliphatic heterocycles. The van der Waals surface area contributed by atoms with Gasteiger partial charge in [0, 0.05) is 11.6 Å². The normalized spacial score (nSPS) is 11.7. The highest BCUT2D eigenvalue weighted by molar-refractivity contribution is 6.30. The van der Waals surface area contributed by atoms with Gasteiger partial charge in [0.1, 0.15) is 18.2 Å². The smallest absolute Gasteiger partial charge is 0.148 e. The van der Waals surface area contributed by atoms with Crippen LogP contribution >= 0.6 is 11.6 Å². The SMILES string of the molecule is CC(C)(C)c1ccc(OCc2nc3ccccc3n2Cc2ccc(Cl)cc2)cc1. The Morgan fingerprint density at radius 1 is 0.897 bits per heavy atom. The number of ether oxygens (including phenoxy) is 1. The number of hydrogen-bond acceptors (Lipinski definition) is 2. The maximum atomic E-state index is 6.08. The lowest BCUT2D eigenvalue weighted by Gasteiger charge is -2.19. The second-order valence-corrected chi connectivity index (χ2v) is 8.73. The average Bonchev–Trinajstić information content (AvgIpc) is 3.05. The van der Waals surface area contributed by atoms with E-state index in [1.54, 1.807) is 0 Å². The number of imidazole rings is 1. The molecular weight excluding hydrogens is 380 g/mol. The fourth-order valence-electron chi connectivity index (χ4n) is 3.38. The van der Waals surface area contributed by atoms with E-state index in [0.29, 0.717) is 6.61 Å². The quantitative estimate of drug-likeness (QED) is 0.374. The van der Waals surface area contributed by atoms with Crippen LogP contribution in [0.15, 0.2) is 72.8 Å². The number of aromatic nitrogens is 2. The van der Waals surface area contributed by atoms with Crippen molar-refractivity contribution in [1.82, 2.24) is 9.55 Å². The summed E-state index contributed by atoms with van der Waals surface area (Å²) in [6.45, 7) is 7.77. The minimum atomic E-state index is 0.130. The first kappa shape index (κ1) is 19.5. The maximum absolute atomic E-state index is 6.08. The van der Waals surface area contributed by atoms with Crippen molar-refractivity contribution in [2.45, 2.75) is 39.3 Å². The summed E-state index contributed by atoms with van der Waals surface area (Å²) < 4.78 is 8.29. The van der Waals surface area contributed by atoms with E-state index < -0.39 is 0 Å². The summed E-state index contributed by atoms with van der Waals surface area (Å²) in [6, 6.07) is 24.5. The molecule has 0 spiro atoms. The molecular formula is C25H25ClN2O. The molecule has 0 aliphatic carbocycles. The highest BCUT2D eigenvalue weighted by atomic mass is 35.5. The van der Waals surface area contributed by atoms with Gasteiger partial charge in [-0.2, -0.15) is 0 Å². The zero-order valence-corrected chi connectivity index (χ0v) is 17.8. The van der Waals surface area contributed by atoms with Crippen LogP contribution in [0.2, 0.25) is 5.02 Å². The Morgan fingerprint density at radius 3 is 2.28 bits per heavy atom. The second-order valence-electron chi connectivity index (χ2n) is 8.29. The molecule has 0 radical (unpaired) electrons. The van der Waals surface area contributed by atoms with E-state index in [9.17, 15) is 0 Å². The zero-order valence-electron chi connectivity index (χ0n) is 17.0. The van der Waals surface area contributed by atoms with Gasteiger partial charge in [0.2, 0.25) is 0 Å². The fraction of sp³-hybridized carbons (Fsp3) is 0.240. The first-order chi connectivity index (χ1) is 13.9. The number of hydrogen-bond donors (Lipinski definition) is 0. The third-order valence-electron chi connectivity index (χ3n) is 5.08. The van der Waals surface area contributed by atoms with E-state index in [4.69, 9.17) is 21.3 Å². The molecule has 0 amide bonds. The molecule has 4 heteroatoms. The lowest BCUT2D eigenvalue weighted by molar-refractivity contribution is 0.291. The molecule has 1 heterocycles. The van der Waals surface area contributed by atoms with E-state index in [-0.39, 0.29) is 5.41 Å². The van der Waals surface area contributed by atoms with Gasteiger partial charge in [-0.1, -0.05) is 68.8 Å². The van der Waals surface area contributed by atoms with Gasteiger partial charge in [-0.05, 0) is 52.9 Å². The average molecular weight is 405 g/mol. The summed E-state index contributed by atoms with van der Waals surface area (Å²) in [6.07, 6.45) is 0. The Balaban J connectivity index is 1.59. The molecule has 4 aromatic rings. The number of fused-ring (bicyclic) bond motifs is 1. The van der Waals surface area contributed by atoms with Gasteiger partial charge in [-0.3, -0.25) is 0 Å². The summed E-state index contributed by atoms with van der Waals surface area (Å²) in [4.78, 5) is 4.81. The van der Waals surface area contributed by atoms with Crippen LogP contribution in [0.3, 0.4) is 0 Å². The Bertz CT molecular complexity index is 1110. The van der Waals surface area contributed by atoms with Crippen molar-refractivity contribution < 1.29 is 4.74 Å².